The minimum Gasteiger partial charge on any atom is -0.504 e. The summed E-state index contributed by atoms with van der Waals surface area (Å²) in [5.41, 5.74) is 4.96. The summed E-state index contributed by atoms with van der Waals surface area (Å²) in [5, 5.41) is 12.7. The molecule has 1 aromatic heterocycles. The quantitative estimate of drug-likeness (QED) is 0.549. The minimum atomic E-state index is 0.187. The summed E-state index contributed by atoms with van der Waals surface area (Å²) >= 11 is 0. The van der Waals surface area contributed by atoms with Gasteiger partial charge in [0.15, 0.2) is 17.7 Å². The van der Waals surface area contributed by atoms with Crippen molar-refractivity contribution in [2.75, 3.05) is 7.11 Å². The van der Waals surface area contributed by atoms with Gasteiger partial charge in [0.05, 0.1) is 18.4 Å². The summed E-state index contributed by atoms with van der Waals surface area (Å²) in [6, 6.07) is 25.0. The van der Waals surface area contributed by atoms with Crippen molar-refractivity contribution in [3.8, 4) is 17.2 Å². The number of ether oxygens (including phenoxy) is 1. The molecule has 0 radical (unpaired) electrons. The Morgan fingerprint density at radius 3 is 2.63 bits per heavy atom. The van der Waals surface area contributed by atoms with E-state index in [1.807, 2.05) is 18.2 Å². The minimum absolute atomic E-state index is 0.187. The molecular weight excluding hydrogens is 334 g/mol. The van der Waals surface area contributed by atoms with Crippen LogP contribution in [0, 0.1) is 0 Å². The number of phenols is 1. The van der Waals surface area contributed by atoms with Crippen molar-refractivity contribution in [2.24, 2.45) is 0 Å². The zero-order valence-electron chi connectivity index (χ0n) is 15.1. The Hall–Kier alpha value is -3.33. The molecule has 0 saturated carbocycles. The highest BCUT2D eigenvalue weighted by atomic mass is 16.5. The molecule has 5 rings (SSSR count). The number of pyridine rings is 1. The van der Waals surface area contributed by atoms with Crippen LogP contribution in [-0.2, 0) is 6.42 Å². The second-order valence-corrected chi connectivity index (χ2v) is 6.98. The summed E-state index contributed by atoms with van der Waals surface area (Å²) < 4.78 is 7.50. The average molecular weight is 354 g/mol. The molecule has 132 valence electrons. The first kappa shape index (κ1) is 15.9. The van der Waals surface area contributed by atoms with Gasteiger partial charge < -0.3 is 9.84 Å². The molecule has 0 amide bonds. The van der Waals surface area contributed by atoms with Crippen molar-refractivity contribution in [1.82, 2.24) is 0 Å². The van der Waals surface area contributed by atoms with Crippen LogP contribution in [0.1, 0.15) is 22.7 Å². The Balaban J connectivity index is 1.68. The second-order valence-electron chi connectivity index (χ2n) is 6.98. The second kappa shape index (κ2) is 6.13. The van der Waals surface area contributed by atoms with E-state index in [4.69, 9.17) is 4.74 Å². The zero-order chi connectivity index (χ0) is 18.4. The predicted molar refractivity (Wildman–Crippen MR) is 106 cm³/mol. The van der Waals surface area contributed by atoms with Gasteiger partial charge in [0, 0.05) is 17.7 Å². The highest BCUT2D eigenvalue weighted by Crippen LogP contribution is 2.39. The van der Waals surface area contributed by atoms with Gasteiger partial charge in [-0.25, -0.2) is 0 Å². The van der Waals surface area contributed by atoms with Gasteiger partial charge in [0.25, 0.3) is 0 Å². The summed E-state index contributed by atoms with van der Waals surface area (Å²) in [7, 11) is 1.57. The summed E-state index contributed by atoms with van der Waals surface area (Å²) in [6.07, 6.45) is 2.99. The molecule has 1 unspecified atom stereocenters. The number of hydrogen-bond acceptors (Lipinski definition) is 2. The maximum absolute atomic E-state index is 10.2. The predicted octanol–water partition coefficient (Wildman–Crippen LogP) is 4.52. The molecule has 1 N–H and O–H groups in total. The number of benzene rings is 3. The SMILES string of the molecule is COc1ccc(CC2c3ccccc3-[n+]3ccc4ccccc4c32)cc1O. The van der Waals surface area contributed by atoms with Crippen LogP contribution in [0.4, 0.5) is 0 Å². The summed E-state index contributed by atoms with van der Waals surface area (Å²) in [6.45, 7) is 0. The molecule has 0 spiro atoms. The number of para-hydroxylation sites is 1. The fraction of sp³-hybridized carbons (Fsp3) is 0.125. The van der Waals surface area contributed by atoms with E-state index in [0.29, 0.717) is 5.75 Å². The first-order valence-corrected chi connectivity index (χ1v) is 9.15. The molecule has 0 bridgehead atoms. The van der Waals surface area contributed by atoms with Crippen LogP contribution in [0.25, 0.3) is 16.5 Å². The van der Waals surface area contributed by atoms with Crippen LogP contribution < -0.4 is 9.30 Å². The maximum atomic E-state index is 10.2. The lowest BCUT2D eigenvalue weighted by atomic mass is 9.89. The zero-order valence-corrected chi connectivity index (χ0v) is 15.1. The van der Waals surface area contributed by atoms with E-state index in [2.05, 4.69) is 65.4 Å². The third-order valence-corrected chi connectivity index (χ3v) is 5.48. The number of hydrogen-bond donors (Lipinski definition) is 1. The molecule has 4 aromatic rings. The van der Waals surface area contributed by atoms with Crippen molar-refractivity contribution < 1.29 is 14.4 Å². The van der Waals surface area contributed by atoms with E-state index in [1.54, 1.807) is 7.11 Å². The number of methoxy groups -OCH3 is 1. The number of nitrogens with zero attached hydrogens (tertiary/aromatic N) is 1. The van der Waals surface area contributed by atoms with Gasteiger partial charge in [-0.15, -0.1) is 0 Å². The first-order chi connectivity index (χ1) is 13.3. The molecule has 2 heterocycles. The van der Waals surface area contributed by atoms with Crippen LogP contribution in [0.15, 0.2) is 79.0 Å². The van der Waals surface area contributed by atoms with Crippen molar-refractivity contribution in [2.45, 2.75) is 12.3 Å². The standard InChI is InChI=1S/C24H19NO2/c1-27-23-11-10-16(15-22(23)26)14-20-19-8-4-5-9-21(19)25-13-12-17-6-2-3-7-18(17)24(20)25/h2-13,15,20H,14H2,1H3/p+1. The van der Waals surface area contributed by atoms with E-state index in [0.717, 1.165) is 12.0 Å². The van der Waals surface area contributed by atoms with Gasteiger partial charge in [-0.05, 0) is 35.6 Å². The fourth-order valence-corrected chi connectivity index (χ4v) is 4.26. The Morgan fingerprint density at radius 1 is 0.963 bits per heavy atom. The number of aromatic hydroxyl groups is 1. The van der Waals surface area contributed by atoms with Crippen molar-refractivity contribution >= 4 is 10.8 Å². The lowest BCUT2D eigenvalue weighted by molar-refractivity contribution is -0.596. The van der Waals surface area contributed by atoms with E-state index in [1.165, 1.54) is 27.7 Å². The third-order valence-electron chi connectivity index (χ3n) is 5.48. The lowest BCUT2D eigenvalue weighted by Gasteiger charge is -2.11. The summed E-state index contributed by atoms with van der Waals surface area (Å²) in [4.78, 5) is 0. The molecule has 1 aliphatic heterocycles. The highest BCUT2D eigenvalue weighted by molar-refractivity contribution is 5.85. The Morgan fingerprint density at radius 2 is 1.78 bits per heavy atom. The number of fused-ring (bicyclic) bond motifs is 5. The molecule has 3 heteroatoms. The van der Waals surface area contributed by atoms with Gasteiger partial charge in [-0.1, -0.05) is 42.5 Å². The lowest BCUT2D eigenvalue weighted by Crippen LogP contribution is -2.31. The van der Waals surface area contributed by atoms with E-state index in [9.17, 15) is 5.11 Å². The van der Waals surface area contributed by atoms with Crippen molar-refractivity contribution in [1.29, 1.82) is 0 Å². The Bertz CT molecular complexity index is 1170. The molecule has 1 aliphatic rings. The highest BCUT2D eigenvalue weighted by Gasteiger charge is 2.38. The summed E-state index contributed by atoms with van der Waals surface area (Å²) in [5.74, 6) is 0.929. The average Bonchev–Trinajstić information content (AvgIpc) is 3.02. The number of phenolic OH excluding ortho intramolecular Hbond substituents is 1. The van der Waals surface area contributed by atoms with E-state index < -0.39 is 0 Å². The van der Waals surface area contributed by atoms with E-state index >= 15 is 0 Å². The van der Waals surface area contributed by atoms with Crippen LogP contribution in [0.2, 0.25) is 0 Å². The molecule has 3 aromatic carbocycles. The van der Waals surface area contributed by atoms with Crippen molar-refractivity contribution in [3.63, 3.8) is 0 Å². The maximum Gasteiger partial charge on any atom is 0.214 e. The Labute approximate surface area is 158 Å². The number of rotatable bonds is 3. The molecule has 0 aliphatic carbocycles. The normalized spacial score (nSPS) is 14.8. The topological polar surface area (TPSA) is 33.3 Å². The Kier molecular flexibility index (Phi) is 3.61. The largest absolute Gasteiger partial charge is 0.504 e. The first-order valence-electron chi connectivity index (χ1n) is 9.15. The van der Waals surface area contributed by atoms with Gasteiger partial charge >= 0.3 is 0 Å². The molecule has 1 atom stereocenters. The van der Waals surface area contributed by atoms with E-state index in [-0.39, 0.29) is 11.7 Å². The van der Waals surface area contributed by atoms with Gasteiger partial charge in [-0.3, -0.25) is 0 Å². The monoisotopic (exact) mass is 354 g/mol. The smallest absolute Gasteiger partial charge is 0.214 e. The van der Waals surface area contributed by atoms with Gasteiger partial charge in [0.1, 0.15) is 0 Å². The van der Waals surface area contributed by atoms with Crippen LogP contribution in [0.3, 0.4) is 0 Å². The molecular formula is C24H20NO2+. The van der Waals surface area contributed by atoms with Gasteiger partial charge in [0.2, 0.25) is 11.4 Å². The van der Waals surface area contributed by atoms with Gasteiger partial charge in [-0.2, -0.15) is 4.57 Å². The van der Waals surface area contributed by atoms with Crippen LogP contribution >= 0.6 is 0 Å². The molecule has 27 heavy (non-hydrogen) atoms. The van der Waals surface area contributed by atoms with Crippen molar-refractivity contribution in [3.05, 3.63) is 95.8 Å². The molecule has 0 saturated heterocycles. The van der Waals surface area contributed by atoms with Crippen LogP contribution in [0.5, 0.6) is 11.5 Å². The molecule has 0 fully saturated rings. The van der Waals surface area contributed by atoms with Crippen LogP contribution in [-0.4, -0.2) is 12.2 Å². The number of aromatic nitrogens is 1. The fourth-order valence-electron chi connectivity index (χ4n) is 4.26. The molecule has 3 nitrogen and oxygen atoms in total. The third kappa shape index (κ3) is 2.47.